The van der Waals surface area contributed by atoms with Gasteiger partial charge in [-0.25, -0.2) is 0 Å². The summed E-state index contributed by atoms with van der Waals surface area (Å²) >= 11 is 0. The molecule has 0 aromatic heterocycles. The van der Waals surface area contributed by atoms with Crippen molar-refractivity contribution in [3.8, 4) is 5.75 Å². The van der Waals surface area contributed by atoms with Gasteiger partial charge in [-0.1, -0.05) is 19.9 Å². The summed E-state index contributed by atoms with van der Waals surface area (Å²) < 4.78 is 5.56. The molecule has 0 radical (unpaired) electrons. The molecule has 3 heteroatoms. The number of nitrogens with one attached hydrogen (secondary N) is 1. The van der Waals surface area contributed by atoms with Crippen LogP contribution in [0, 0.1) is 0 Å². The Labute approximate surface area is 97.4 Å². The highest BCUT2D eigenvalue weighted by Crippen LogP contribution is 2.28. The topological polar surface area (TPSA) is 24.5 Å². The first-order valence-corrected chi connectivity index (χ1v) is 6.05. The number of benzene rings is 1. The Bertz CT molecular complexity index is 348. The highest BCUT2D eigenvalue weighted by molar-refractivity contribution is 5.59. The van der Waals surface area contributed by atoms with E-state index >= 15 is 0 Å². The van der Waals surface area contributed by atoms with Gasteiger partial charge in [-0.2, -0.15) is 0 Å². The molecule has 0 bridgehead atoms. The Morgan fingerprint density at radius 2 is 2.12 bits per heavy atom. The van der Waals surface area contributed by atoms with Gasteiger partial charge in [0.15, 0.2) is 0 Å². The summed E-state index contributed by atoms with van der Waals surface area (Å²) in [6.45, 7) is 9.27. The van der Waals surface area contributed by atoms with Crippen molar-refractivity contribution in [2.45, 2.75) is 20.4 Å². The van der Waals surface area contributed by atoms with E-state index in [0.717, 1.165) is 44.2 Å². The van der Waals surface area contributed by atoms with Crippen molar-refractivity contribution in [3.63, 3.8) is 0 Å². The predicted octanol–water partition coefficient (Wildman–Crippen LogP) is 2.33. The molecule has 0 unspecified atom stereocenters. The molecular formula is C13H20N2O. The number of anilines is 1. The Hall–Kier alpha value is -1.22. The minimum absolute atomic E-state index is 0.766. The van der Waals surface area contributed by atoms with Gasteiger partial charge >= 0.3 is 0 Å². The normalized spacial score (nSPS) is 14.2. The summed E-state index contributed by atoms with van der Waals surface area (Å²) in [5.74, 6) is 0.981. The van der Waals surface area contributed by atoms with Crippen molar-refractivity contribution in [1.29, 1.82) is 0 Å². The van der Waals surface area contributed by atoms with E-state index in [0.29, 0.717) is 0 Å². The molecule has 0 fully saturated rings. The molecule has 88 valence electrons. The average Bonchev–Trinajstić information content (AvgIpc) is 2.35. The zero-order valence-corrected chi connectivity index (χ0v) is 10.1. The van der Waals surface area contributed by atoms with Crippen molar-refractivity contribution >= 4 is 5.69 Å². The highest BCUT2D eigenvalue weighted by Gasteiger charge is 2.10. The summed E-state index contributed by atoms with van der Waals surface area (Å²) in [6.07, 6.45) is 0. The Balaban J connectivity index is 2.10. The predicted molar refractivity (Wildman–Crippen MR) is 67.1 cm³/mol. The first-order valence-electron chi connectivity index (χ1n) is 6.05. The number of ether oxygens (including phenoxy) is 1. The third-order valence-electron chi connectivity index (χ3n) is 3.02. The van der Waals surface area contributed by atoms with Crippen LogP contribution in [0.25, 0.3) is 0 Å². The average molecular weight is 220 g/mol. The summed E-state index contributed by atoms with van der Waals surface area (Å²) in [5, 5.41) is 3.37. The van der Waals surface area contributed by atoms with Crippen molar-refractivity contribution in [3.05, 3.63) is 23.8 Å². The molecule has 2 rings (SSSR count). The van der Waals surface area contributed by atoms with Crippen LogP contribution in [-0.2, 0) is 6.54 Å². The van der Waals surface area contributed by atoms with Crippen LogP contribution in [0.5, 0.6) is 5.75 Å². The Kier molecular flexibility index (Phi) is 3.67. The van der Waals surface area contributed by atoms with Crippen LogP contribution in [0.3, 0.4) is 0 Å². The molecule has 3 nitrogen and oxygen atoms in total. The molecule has 1 N–H and O–H groups in total. The molecule has 0 saturated heterocycles. The second kappa shape index (κ2) is 5.21. The molecule has 0 aliphatic carbocycles. The van der Waals surface area contributed by atoms with Crippen LogP contribution in [0.1, 0.15) is 19.4 Å². The number of hydrogen-bond donors (Lipinski definition) is 1. The van der Waals surface area contributed by atoms with E-state index in [1.807, 2.05) is 0 Å². The van der Waals surface area contributed by atoms with Gasteiger partial charge in [0.05, 0.1) is 5.69 Å². The van der Waals surface area contributed by atoms with Crippen LogP contribution in [0.15, 0.2) is 18.2 Å². The smallest absolute Gasteiger partial charge is 0.142 e. The van der Waals surface area contributed by atoms with E-state index in [-0.39, 0.29) is 0 Å². The first kappa shape index (κ1) is 11.3. The third-order valence-corrected chi connectivity index (χ3v) is 3.02. The zero-order valence-electron chi connectivity index (χ0n) is 10.1. The van der Waals surface area contributed by atoms with E-state index in [2.05, 4.69) is 42.3 Å². The number of fused-ring (bicyclic) bond motifs is 1. The van der Waals surface area contributed by atoms with E-state index in [1.165, 1.54) is 5.56 Å². The number of nitrogens with zero attached hydrogens (tertiary/aromatic N) is 1. The number of hydrogen-bond acceptors (Lipinski definition) is 3. The second-order valence-corrected chi connectivity index (χ2v) is 4.07. The van der Waals surface area contributed by atoms with Crippen molar-refractivity contribution < 1.29 is 4.74 Å². The Morgan fingerprint density at radius 3 is 2.88 bits per heavy atom. The molecule has 0 spiro atoms. The second-order valence-electron chi connectivity index (χ2n) is 4.07. The number of rotatable bonds is 4. The fourth-order valence-electron chi connectivity index (χ4n) is 1.99. The first-order chi connectivity index (χ1) is 7.83. The minimum atomic E-state index is 0.766. The summed E-state index contributed by atoms with van der Waals surface area (Å²) in [5.41, 5.74) is 2.48. The minimum Gasteiger partial charge on any atom is -0.490 e. The largest absolute Gasteiger partial charge is 0.490 e. The van der Waals surface area contributed by atoms with Crippen LogP contribution < -0.4 is 10.1 Å². The van der Waals surface area contributed by atoms with Gasteiger partial charge < -0.3 is 10.1 Å². The molecule has 1 aromatic carbocycles. The van der Waals surface area contributed by atoms with E-state index in [1.54, 1.807) is 0 Å². The maximum absolute atomic E-state index is 5.56. The lowest BCUT2D eigenvalue weighted by Gasteiger charge is -2.22. The van der Waals surface area contributed by atoms with Crippen LogP contribution in [-0.4, -0.2) is 31.1 Å². The van der Waals surface area contributed by atoms with Crippen LogP contribution in [0.4, 0.5) is 5.69 Å². The standard InChI is InChI=1S/C13H20N2O/c1-3-15(4-2)10-11-5-6-13-12(9-11)14-7-8-16-13/h5-6,9,14H,3-4,7-8,10H2,1-2H3. The lowest BCUT2D eigenvalue weighted by Crippen LogP contribution is -2.23. The van der Waals surface area contributed by atoms with Gasteiger partial charge in [-0.05, 0) is 30.8 Å². The Morgan fingerprint density at radius 1 is 1.31 bits per heavy atom. The van der Waals surface area contributed by atoms with E-state index in [9.17, 15) is 0 Å². The summed E-state index contributed by atoms with van der Waals surface area (Å²) in [4.78, 5) is 2.41. The lowest BCUT2D eigenvalue weighted by atomic mass is 10.1. The van der Waals surface area contributed by atoms with Gasteiger partial charge in [0.25, 0.3) is 0 Å². The molecule has 1 heterocycles. The van der Waals surface area contributed by atoms with E-state index < -0.39 is 0 Å². The molecule has 0 saturated carbocycles. The summed E-state index contributed by atoms with van der Waals surface area (Å²) in [7, 11) is 0. The van der Waals surface area contributed by atoms with Gasteiger partial charge in [-0.15, -0.1) is 0 Å². The lowest BCUT2D eigenvalue weighted by molar-refractivity contribution is 0.295. The van der Waals surface area contributed by atoms with Gasteiger partial charge in [-0.3, -0.25) is 4.90 Å². The monoisotopic (exact) mass is 220 g/mol. The third kappa shape index (κ3) is 2.47. The van der Waals surface area contributed by atoms with Crippen molar-refractivity contribution in [2.24, 2.45) is 0 Å². The van der Waals surface area contributed by atoms with Gasteiger partial charge in [0, 0.05) is 13.1 Å². The highest BCUT2D eigenvalue weighted by atomic mass is 16.5. The van der Waals surface area contributed by atoms with Crippen molar-refractivity contribution in [2.75, 3.05) is 31.6 Å². The van der Waals surface area contributed by atoms with E-state index in [4.69, 9.17) is 4.74 Å². The maximum Gasteiger partial charge on any atom is 0.142 e. The molecule has 1 aliphatic rings. The molecule has 1 aromatic rings. The SMILES string of the molecule is CCN(CC)Cc1ccc2c(c1)NCCO2. The van der Waals surface area contributed by atoms with Crippen LogP contribution >= 0.6 is 0 Å². The fraction of sp³-hybridized carbons (Fsp3) is 0.538. The maximum atomic E-state index is 5.56. The molecular weight excluding hydrogens is 200 g/mol. The molecule has 1 aliphatic heterocycles. The van der Waals surface area contributed by atoms with Gasteiger partial charge in [0.1, 0.15) is 12.4 Å². The van der Waals surface area contributed by atoms with Gasteiger partial charge in [0.2, 0.25) is 0 Å². The molecule has 0 atom stereocenters. The fourth-order valence-corrected chi connectivity index (χ4v) is 1.99. The summed E-state index contributed by atoms with van der Waals surface area (Å²) in [6, 6.07) is 6.43. The molecule has 0 amide bonds. The zero-order chi connectivity index (χ0) is 11.4. The quantitative estimate of drug-likeness (QED) is 0.843. The van der Waals surface area contributed by atoms with Crippen molar-refractivity contribution in [1.82, 2.24) is 4.90 Å². The van der Waals surface area contributed by atoms with Crippen LogP contribution in [0.2, 0.25) is 0 Å². The molecule has 16 heavy (non-hydrogen) atoms.